The van der Waals surface area contributed by atoms with Crippen LogP contribution in [0.1, 0.15) is 43.0 Å². The van der Waals surface area contributed by atoms with E-state index in [0.29, 0.717) is 28.4 Å². The van der Waals surface area contributed by atoms with Crippen molar-refractivity contribution in [1.29, 1.82) is 0 Å². The largest absolute Gasteiger partial charge is 0.341 e. The summed E-state index contributed by atoms with van der Waals surface area (Å²) in [4.78, 5) is 30.5. The Kier molecular flexibility index (Phi) is 6.15. The molecular formula is C21H26ClN7O. The van der Waals surface area contributed by atoms with E-state index < -0.39 is 0 Å². The van der Waals surface area contributed by atoms with E-state index in [9.17, 15) is 4.79 Å². The van der Waals surface area contributed by atoms with Gasteiger partial charge in [0.05, 0.1) is 23.1 Å². The normalized spacial score (nSPS) is 17.7. The summed E-state index contributed by atoms with van der Waals surface area (Å²) in [5.74, 6) is 6.77. The van der Waals surface area contributed by atoms with Crippen molar-refractivity contribution < 1.29 is 4.79 Å². The van der Waals surface area contributed by atoms with Crippen molar-refractivity contribution in [3.05, 3.63) is 47.2 Å². The minimum absolute atomic E-state index is 0.0999. The number of rotatable bonds is 5. The molecule has 2 heterocycles. The monoisotopic (exact) mass is 427 g/mol. The van der Waals surface area contributed by atoms with Crippen LogP contribution >= 0.6 is 11.6 Å². The second-order valence-electron chi connectivity index (χ2n) is 7.75. The lowest BCUT2D eigenvalue weighted by atomic mass is 10.0. The Morgan fingerprint density at radius 3 is 2.30 bits per heavy atom. The highest BCUT2D eigenvalue weighted by Gasteiger charge is 2.39. The quantitative estimate of drug-likeness (QED) is 0.329. The number of carbonyl (C=O) groups is 1. The number of amidine groups is 1. The summed E-state index contributed by atoms with van der Waals surface area (Å²) in [6.45, 7) is 3.43. The molecule has 4 rings (SSSR count). The van der Waals surface area contributed by atoms with Crippen molar-refractivity contribution in [2.45, 2.75) is 44.7 Å². The lowest BCUT2D eigenvalue weighted by Gasteiger charge is -2.39. The SMILES string of the molecule is CC(=Nc1ccc(C(=O)N(C2CC2)C2CCN(c3ncc(Cl)cn3)CC2)cc1)NN. The van der Waals surface area contributed by atoms with Gasteiger partial charge in [-0.1, -0.05) is 11.6 Å². The minimum Gasteiger partial charge on any atom is -0.341 e. The molecular weight excluding hydrogens is 402 g/mol. The average molecular weight is 428 g/mol. The molecule has 3 N–H and O–H groups in total. The molecule has 30 heavy (non-hydrogen) atoms. The number of aliphatic imine (C=N–C) groups is 1. The van der Waals surface area contributed by atoms with E-state index in [1.807, 2.05) is 24.3 Å². The van der Waals surface area contributed by atoms with E-state index in [4.69, 9.17) is 17.4 Å². The van der Waals surface area contributed by atoms with Crippen LogP contribution in [0, 0.1) is 0 Å². The fraction of sp³-hybridized carbons (Fsp3) is 0.429. The number of anilines is 1. The number of nitrogens with zero attached hydrogens (tertiary/aromatic N) is 5. The van der Waals surface area contributed by atoms with Gasteiger partial charge < -0.3 is 15.2 Å². The first-order chi connectivity index (χ1) is 14.5. The first-order valence-corrected chi connectivity index (χ1v) is 10.6. The molecule has 1 aliphatic carbocycles. The van der Waals surface area contributed by atoms with Crippen LogP contribution in [-0.2, 0) is 0 Å². The highest BCUT2D eigenvalue weighted by molar-refractivity contribution is 6.30. The van der Waals surface area contributed by atoms with Gasteiger partial charge in [0.25, 0.3) is 5.91 Å². The first kappa shape index (κ1) is 20.6. The Labute approximate surface area is 181 Å². The van der Waals surface area contributed by atoms with Crippen LogP contribution in [0.15, 0.2) is 41.7 Å². The fourth-order valence-corrected chi connectivity index (χ4v) is 3.95. The second kappa shape index (κ2) is 8.97. The summed E-state index contributed by atoms with van der Waals surface area (Å²) in [7, 11) is 0. The van der Waals surface area contributed by atoms with Crippen molar-refractivity contribution in [1.82, 2.24) is 20.3 Å². The van der Waals surface area contributed by atoms with Crippen LogP contribution in [0.4, 0.5) is 11.6 Å². The van der Waals surface area contributed by atoms with E-state index in [1.165, 1.54) is 0 Å². The smallest absolute Gasteiger partial charge is 0.254 e. The Bertz CT molecular complexity index is 904. The molecule has 1 aromatic carbocycles. The summed E-state index contributed by atoms with van der Waals surface area (Å²) in [5.41, 5.74) is 3.97. The van der Waals surface area contributed by atoms with Crippen LogP contribution in [-0.4, -0.2) is 51.8 Å². The molecule has 0 spiro atoms. The number of hydrazine groups is 1. The zero-order chi connectivity index (χ0) is 21.1. The van der Waals surface area contributed by atoms with Crippen molar-refractivity contribution in [3.8, 4) is 0 Å². The maximum Gasteiger partial charge on any atom is 0.254 e. The Morgan fingerprint density at radius 1 is 1.13 bits per heavy atom. The molecule has 2 aliphatic rings. The van der Waals surface area contributed by atoms with E-state index >= 15 is 0 Å². The van der Waals surface area contributed by atoms with Crippen molar-refractivity contribution in [2.24, 2.45) is 10.8 Å². The number of benzene rings is 1. The van der Waals surface area contributed by atoms with Crippen LogP contribution in [0.25, 0.3) is 0 Å². The number of hydrogen-bond donors (Lipinski definition) is 2. The Balaban J connectivity index is 1.43. The zero-order valence-corrected chi connectivity index (χ0v) is 17.7. The molecule has 8 nitrogen and oxygen atoms in total. The molecule has 0 atom stereocenters. The third kappa shape index (κ3) is 4.71. The van der Waals surface area contributed by atoms with Crippen molar-refractivity contribution in [2.75, 3.05) is 18.0 Å². The molecule has 0 bridgehead atoms. The van der Waals surface area contributed by atoms with E-state index in [2.05, 4.69) is 30.2 Å². The molecule has 158 valence electrons. The van der Waals surface area contributed by atoms with Crippen molar-refractivity contribution >= 4 is 35.0 Å². The number of piperidine rings is 1. The van der Waals surface area contributed by atoms with Gasteiger partial charge in [-0.05, 0) is 56.9 Å². The maximum atomic E-state index is 13.3. The van der Waals surface area contributed by atoms with Gasteiger partial charge in [0.15, 0.2) is 0 Å². The van der Waals surface area contributed by atoms with Crippen LogP contribution in [0.2, 0.25) is 5.02 Å². The third-order valence-corrected chi connectivity index (χ3v) is 5.74. The van der Waals surface area contributed by atoms with Gasteiger partial charge in [0.2, 0.25) is 5.95 Å². The van der Waals surface area contributed by atoms with Gasteiger partial charge in [-0.25, -0.2) is 20.8 Å². The lowest BCUT2D eigenvalue weighted by Crippen LogP contribution is -2.48. The van der Waals surface area contributed by atoms with Crippen LogP contribution in [0.5, 0.6) is 0 Å². The number of carbonyl (C=O) groups excluding carboxylic acids is 1. The number of nitrogens with one attached hydrogen (secondary N) is 1. The van der Waals surface area contributed by atoms with E-state index in [-0.39, 0.29) is 11.9 Å². The number of amides is 1. The van der Waals surface area contributed by atoms with Crippen LogP contribution < -0.4 is 16.2 Å². The van der Waals surface area contributed by atoms with Gasteiger partial charge in [-0.3, -0.25) is 4.79 Å². The minimum atomic E-state index is 0.0999. The molecule has 9 heteroatoms. The molecule has 2 aromatic rings. The highest BCUT2D eigenvalue weighted by atomic mass is 35.5. The molecule has 1 aromatic heterocycles. The summed E-state index contributed by atoms with van der Waals surface area (Å²) in [5, 5.41) is 0.533. The third-order valence-electron chi connectivity index (χ3n) is 5.54. The molecule has 1 amide bonds. The van der Waals surface area contributed by atoms with Gasteiger partial charge in [-0.15, -0.1) is 0 Å². The van der Waals surface area contributed by atoms with E-state index in [1.54, 1.807) is 19.3 Å². The molecule has 0 unspecified atom stereocenters. The molecule has 2 fully saturated rings. The summed E-state index contributed by atoms with van der Waals surface area (Å²) < 4.78 is 0. The van der Waals surface area contributed by atoms with Gasteiger partial charge in [0.1, 0.15) is 5.84 Å². The number of aromatic nitrogens is 2. The van der Waals surface area contributed by atoms with Crippen LogP contribution in [0.3, 0.4) is 0 Å². The van der Waals surface area contributed by atoms with Gasteiger partial charge in [-0.2, -0.15) is 0 Å². The lowest BCUT2D eigenvalue weighted by molar-refractivity contribution is 0.0630. The summed E-state index contributed by atoms with van der Waals surface area (Å²) in [6, 6.07) is 7.96. The maximum absolute atomic E-state index is 13.3. The summed E-state index contributed by atoms with van der Waals surface area (Å²) in [6.07, 6.45) is 7.20. The van der Waals surface area contributed by atoms with Gasteiger partial charge >= 0.3 is 0 Å². The standard InChI is InChI=1S/C21H26ClN7O/c1-14(27-23)26-17-4-2-15(3-5-17)20(30)29(18-6-7-18)19-8-10-28(11-9-19)21-24-12-16(22)13-25-21/h2-5,12-13,18-19H,6-11,23H2,1H3,(H,26,27). The predicted molar refractivity (Wildman–Crippen MR) is 118 cm³/mol. The molecule has 0 radical (unpaired) electrons. The number of halogens is 1. The average Bonchev–Trinajstić information content (AvgIpc) is 3.60. The Hall–Kier alpha value is -2.71. The molecule has 1 saturated heterocycles. The first-order valence-electron chi connectivity index (χ1n) is 10.2. The second-order valence-corrected chi connectivity index (χ2v) is 8.19. The number of hydrogen-bond acceptors (Lipinski definition) is 6. The van der Waals surface area contributed by atoms with Gasteiger partial charge in [0, 0.05) is 30.7 Å². The van der Waals surface area contributed by atoms with Crippen molar-refractivity contribution in [3.63, 3.8) is 0 Å². The summed E-state index contributed by atoms with van der Waals surface area (Å²) >= 11 is 5.89. The molecule has 1 saturated carbocycles. The number of nitrogens with two attached hydrogens (primary N) is 1. The van der Waals surface area contributed by atoms with E-state index in [0.717, 1.165) is 44.5 Å². The fourth-order valence-electron chi connectivity index (χ4n) is 3.85. The zero-order valence-electron chi connectivity index (χ0n) is 17.0. The molecule has 1 aliphatic heterocycles. The predicted octanol–water partition coefficient (Wildman–Crippen LogP) is 2.92. The Morgan fingerprint density at radius 2 is 1.73 bits per heavy atom. The highest BCUT2D eigenvalue weighted by Crippen LogP contribution is 2.34. The topological polar surface area (TPSA) is 99.7 Å².